The number of ether oxygens (including phenoxy) is 4. The quantitative estimate of drug-likeness (QED) is 0.702. The second kappa shape index (κ2) is 8.16. The number of cyclic esters (lactones) is 1. The van der Waals surface area contributed by atoms with Gasteiger partial charge in [-0.2, -0.15) is 0 Å². The van der Waals surface area contributed by atoms with Crippen molar-refractivity contribution >= 4 is 12.1 Å². The summed E-state index contributed by atoms with van der Waals surface area (Å²) < 4.78 is 22.9. The Kier molecular flexibility index (Phi) is 6.00. The van der Waals surface area contributed by atoms with E-state index in [2.05, 4.69) is 0 Å². The van der Waals surface area contributed by atoms with Gasteiger partial charge in [0.15, 0.2) is 5.79 Å². The monoisotopic (exact) mass is 403 g/mol. The molecule has 0 bridgehead atoms. The Labute approximate surface area is 171 Å². The molecule has 0 saturated carbocycles. The number of hydrogen-bond acceptors (Lipinski definition) is 6. The number of nitrogens with zero attached hydrogens (tertiary/aromatic N) is 1. The van der Waals surface area contributed by atoms with Crippen molar-refractivity contribution in [2.24, 2.45) is 0 Å². The minimum Gasteiger partial charge on any atom is -0.453 e. The molecule has 0 spiro atoms. The van der Waals surface area contributed by atoms with Crippen LogP contribution >= 0.6 is 0 Å². The van der Waals surface area contributed by atoms with Gasteiger partial charge in [-0.25, -0.2) is 9.59 Å². The first-order chi connectivity index (χ1) is 13.5. The lowest BCUT2D eigenvalue weighted by Gasteiger charge is -2.38. The second-order valence-electron chi connectivity index (χ2n) is 8.71. The van der Waals surface area contributed by atoms with Crippen LogP contribution in [0.4, 0.5) is 4.79 Å². The van der Waals surface area contributed by atoms with E-state index in [-0.39, 0.29) is 13.2 Å². The van der Waals surface area contributed by atoms with Crippen LogP contribution < -0.4 is 0 Å². The van der Waals surface area contributed by atoms with Gasteiger partial charge in [-0.3, -0.25) is 4.90 Å². The molecule has 2 aliphatic rings. The summed E-state index contributed by atoms with van der Waals surface area (Å²) in [5.41, 5.74) is 0.250. The summed E-state index contributed by atoms with van der Waals surface area (Å²) in [4.78, 5) is 26.5. The van der Waals surface area contributed by atoms with Crippen LogP contribution in [0.5, 0.6) is 0 Å². The van der Waals surface area contributed by atoms with Gasteiger partial charge >= 0.3 is 12.1 Å². The van der Waals surface area contributed by atoms with Crippen LogP contribution in [0.25, 0.3) is 0 Å². The molecule has 29 heavy (non-hydrogen) atoms. The van der Waals surface area contributed by atoms with Gasteiger partial charge in [0.25, 0.3) is 0 Å². The third-order valence-electron chi connectivity index (χ3n) is 4.61. The van der Waals surface area contributed by atoms with E-state index in [4.69, 9.17) is 18.9 Å². The summed E-state index contributed by atoms with van der Waals surface area (Å²) in [7, 11) is 0. The molecule has 1 aromatic rings. The van der Waals surface area contributed by atoms with E-state index in [9.17, 15) is 9.59 Å². The van der Waals surface area contributed by atoms with E-state index in [0.717, 1.165) is 5.56 Å². The highest BCUT2D eigenvalue weighted by Gasteiger charge is 2.47. The summed E-state index contributed by atoms with van der Waals surface area (Å²) in [6, 6.07) is 8.99. The van der Waals surface area contributed by atoms with Crippen LogP contribution in [-0.4, -0.2) is 53.2 Å². The third kappa shape index (κ3) is 5.58. The molecule has 1 amide bonds. The number of rotatable bonds is 5. The zero-order chi connectivity index (χ0) is 21.2. The van der Waals surface area contributed by atoms with Crippen LogP contribution in [0, 0.1) is 0 Å². The van der Waals surface area contributed by atoms with Crippen molar-refractivity contribution in [3.63, 3.8) is 0 Å². The van der Waals surface area contributed by atoms with Crippen LogP contribution in [-0.2, 0) is 30.3 Å². The van der Waals surface area contributed by atoms with E-state index in [0.29, 0.717) is 0 Å². The lowest BCUT2D eigenvalue weighted by Crippen LogP contribution is -2.55. The number of benzene rings is 1. The molecule has 0 unspecified atom stereocenters. The van der Waals surface area contributed by atoms with Crippen molar-refractivity contribution < 1.29 is 28.5 Å². The normalized spacial score (nSPS) is 24.2. The zero-order valence-electron chi connectivity index (χ0n) is 17.6. The largest absolute Gasteiger partial charge is 0.453 e. The average molecular weight is 403 g/mol. The Morgan fingerprint density at radius 2 is 1.97 bits per heavy atom. The van der Waals surface area contributed by atoms with Crippen molar-refractivity contribution in [1.29, 1.82) is 0 Å². The van der Waals surface area contributed by atoms with Crippen LogP contribution in [0.15, 0.2) is 42.5 Å². The van der Waals surface area contributed by atoms with Crippen molar-refractivity contribution in [3.8, 4) is 0 Å². The van der Waals surface area contributed by atoms with Crippen LogP contribution in [0.1, 0.15) is 40.2 Å². The van der Waals surface area contributed by atoms with Crippen LogP contribution in [0.2, 0.25) is 0 Å². The first-order valence-electron chi connectivity index (χ1n) is 9.78. The minimum atomic E-state index is -0.790. The van der Waals surface area contributed by atoms with Gasteiger partial charge in [0, 0.05) is 12.6 Å². The summed E-state index contributed by atoms with van der Waals surface area (Å²) in [6.45, 7) is 9.62. The second-order valence-corrected chi connectivity index (χ2v) is 8.71. The number of carbonyl (C=O) groups excluding carboxylic acids is 2. The van der Waals surface area contributed by atoms with E-state index < -0.39 is 41.7 Å². The fourth-order valence-corrected chi connectivity index (χ4v) is 3.44. The van der Waals surface area contributed by atoms with E-state index in [1.165, 1.54) is 6.08 Å². The summed E-state index contributed by atoms with van der Waals surface area (Å²) >= 11 is 0. The maximum Gasteiger partial charge on any atom is 0.411 e. The molecule has 0 aliphatic carbocycles. The molecule has 0 aromatic heterocycles. The zero-order valence-corrected chi connectivity index (χ0v) is 17.6. The predicted octanol–water partition coefficient (Wildman–Crippen LogP) is 3.43. The van der Waals surface area contributed by atoms with E-state index in [1.54, 1.807) is 11.0 Å². The molecule has 1 saturated heterocycles. The molecule has 158 valence electrons. The fraction of sp³-hybridized carbons (Fsp3) is 0.545. The van der Waals surface area contributed by atoms with Gasteiger partial charge in [0.1, 0.15) is 23.9 Å². The Bertz CT molecular complexity index is 767. The molecular formula is C22H29NO6. The lowest BCUT2D eigenvalue weighted by molar-refractivity contribution is -0.157. The van der Waals surface area contributed by atoms with Gasteiger partial charge in [-0.15, -0.1) is 0 Å². The first kappa shape index (κ1) is 21.3. The Hall–Kier alpha value is -2.38. The third-order valence-corrected chi connectivity index (χ3v) is 4.61. The SMILES string of the molecule is CC(C)(C)OC(=O)N(Cc1ccccc1)[C@@H]([C@@H]1C=CC(=O)O1)[C@H]1COC(C)(C)O1. The van der Waals surface area contributed by atoms with Gasteiger partial charge in [0.2, 0.25) is 0 Å². The molecule has 0 radical (unpaired) electrons. The number of amides is 1. The highest BCUT2D eigenvalue weighted by atomic mass is 16.7. The van der Waals surface area contributed by atoms with Crippen molar-refractivity contribution in [2.45, 2.75) is 70.8 Å². The molecular weight excluding hydrogens is 374 g/mol. The standard InChI is InChI=1S/C22H29NO6/c1-21(2,3)29-20(25)23(13-15-9-7-6-8-10-15)19(16-11-12-18(24)27-16)17-14-26-22(4,5)28-17/h6-12,16-17,19H,13-14H2,1-5H3/t16-,17+,19-/m0/s1. The Balaban J connectivity index is 1.95. The number of hydrogen-bond donors (Lipinski definition) is 0. The van der Waals surface area contributed by atoms with Crippen LogP contribution in [0.3, 0.4) is 0 Å². The van der Waals surface area contributed by atoms with Gasteiger partial charge in [-0.05, 0) is 46.3 Å². The Morgan fingerprint density at radius 1 is 1.28 bits per heavy atom. The molecule has 3 rings (SSSR count). The van der Waals surface area contributed by atoms with Crippen molar-refractivity contribution in [3.05, 3.63) is 48.0 Å². The summed E-state index contributed by atoms with van der Waals surface area (Å²) in [5.74, 6) is -1.23. The van der Waals surface area contributed by atoms with Gasteiger partial charge in [0.05, 0.1) is 6.61 Å². The maximum atomic E-state index is 13.2. The topological polar surface area (TPSA) is 74.3 Å². The summed E-state index contributed by atoms with van der Waals surface area (Å²) in [5, 5.41) is 0. The van der Waals surface area contributed by atoms with Crippen molar-refractivity contribution in [2.75, 3.05) is 6.61 Å². The highest BCUT2D eigenvalue weighted by Crippen LogP contribution is 2.31. The smallest absolute Gasteiger partial charge is 0.411 e. The van der Waals surface area contributed by atoms with E-state index >= 15 is 0 Å². The highest BCUT2D eigenvalue weighted by molar-refractivity contribution is 5.84. The Morgan fingerprint density at radius 3 is 2.48 bits per heavy atom. The molecule has 1 fully saturated rings. The molecule has 7 nitrogen and oxygen atoms in total. The first-order valence-corrected chi connectivity index (χ1v) is 9.78. The van der Waals surface area contributed by atoms with E-state index in [1.807, 2.05) is 65.0 Å². The molecule has 2 aliphatic heterocycles. The summed E-state index contributed by atoms with van der Waals surface area (Å²) in [6.07, 6.45) is 1.39. The molecule has 1 aromatic carbocycles. The molecule has 2 heterocycles. The fourth-order valence-electron chi connectivity index (χ4n) is 3.44. The maximum absolute atomic E-state index is 13.2. The van der Waals surface area contributed by atoms with Gasteiger partial charge < -0.3 is 18.9 Å². The molecule has 0 N–H and O–H groups in total. The van der Waals surface area contributed by atoms with Crippen molar-refractivity contribution in [1.82, 2.24) is 4.90 Å². The predicted molar refractivity (Wildman–Crippen MR) is 106 cm³/mol. The number of carbonyl (C=O) groups is 2. The lowest BCUT2D eigenvalue weighted by atomic mass is 10.0. The average Bonchev–Trinajstić information content (AvgIpc) is 3.19. The number of esters is 1. The van der Waals surface area contributed by atoms with Gasteiger partial charge in [-0.1, -0.05) is 30.3 Å². The minimum absolute atomic E-state index is 0.271. The molecule has 3 atom stereocenters. The molecule has 7 heteroatoms.